The molecule has 1 aromatic rings. The predicted molar refractivity (Wildman–Crippen MR) is 88.7 cm³/mol. The quantitative estimate of drug-likeness (QED) is 0.773. The standard InChI is InChI=1S/C17H23Cl2NO/c1-4-16(13(3)17(16,18)19)15(21)20-12(2)10-11-14-8-6-5-7-9-14/h5-9,12-13H,4,10-11H2,1-3H3,(H,20,21)/t12-,13-,16-/m0/s1. The van der Waals surface area contributed by atoms with E-state index in [9.17, 15) is 4.79 Å². The van der Waals surface area contributed by atoms with Gasteiger partial charge in [-0.2, -0.15) is 0 Å². The topological polar surface area (TPSA) is 29.1 Å². The van der Waals surface area contributed by atoms with Crippen LogP contribution in [0, 0.1) is 11.3 Å². The summed E-state index contributed by atoms with van der Waals surface area (Å²) in [5.74, 6) is -0.0114. The van der Waals surface area contributed by atoms with Gasteiger partial charge in [-0.05, 0) is 31.7 Å². The fourth-order valence-electron chi connectivity index (χ4n) is 3.14. The lowest BCUT2D eigenvalue weighted by atomic mass is 9.98. The van der Waals surface area contributed by atoms with E-state index in [4.69, 9.17) is 23.2 Å². The molecule has 0 unspecified atom stereocenters. The SMILES string of the molecule is CC[C@@]1(C(=O)N[C@@H](C)CCc2ccccc2)[C@H](C)C1(Cl)Cl. The molecule has 0 spiro atoms. The first-order valence-electron chi connectivity index (χ1n) is 7.59. The molecule has 0 saturated heterocycles. The molecule has 1 aliphatic rings. The van der Waals surface area contributed by atoms with Gasteiger partial charge in [0.25, 0.3) is 0 Å². The third-order valence-electron chi connectivity index (χ3n) is 4.84. The van der Waals surface area contributed by atoms with Crippen LogP contribution in [0.25, 0.3) is 0 Å². The van der Waals surface area contributed by atoms with Crippen LogP contribution in [-0.4, -0.2) is 16.3 Å². The second kappa shape index (κ2) is 6.18. The second-order valence-corrected chi connectivity index (χ2v) is 7.45. The van der Waals surface area contributed by atoms with Crippen molar-refractivity contribution in [2.24, 2.45) is 11.3 Å². The van der Waals surface area contributed by atoms with E-state index in [2.05, 4.69) is 17.4 Å². The van der Waals surface area contributed by atoms with Crippen LogP contribution < -0.4 is 5.32 Å². The van der Waals surface area contributed by atoms with Gasteiger partial charge < -0.3 is 5.32 Å². The Morgan fingerprint density at radius 1 is 1.33 bits per heavy atom. The molecule has 0 aliphatic heterocycles. The van der Waals surface area contributed by atoms with E-state index in [0.717, 1.165) is 12.8 Å². The van der Waals surface area contributed by atoms with E-state index in [-0.39, 0.29) is 17.9 Å². The number of nitrogens with one attached hydrogen (secondary N) is 1. The van der Waals surface area contributed by atoms with Crippen molar-refractivity contribution in [1.82, 2.24) is 5.32 Å². The van der Waals surface area contributed by atoms with Gasteiger partial charge in [0, 0.05) is 12.0 Å². The smallest absolute Gasteiger partial charge is 0.229 e. The average Bonchev–Trinajstić information content (AvgIpc) is 2.91. The Labute approximate surface area is 137 Å². The highest BCUT2D eigenvalue weighted by Gasteiger charge is 2.76. The number of carbonyl (C=O) groups excluding carboxylic acids is 1. The number of carbonyl (C=O) groups is 1. The Morgan fingerprint density at radius 2 is 1.90 bits per heavy atom. The Balaban J connectivity index is 1.88. The van der Waals surface area contributed by atoms with Crippen LogP contribution in [0.3, 0.4) is 0 Å². The zero-order chi connectivity index (χ0) is 15.7. The summed E-state index contributed by atoms with van der Waals surface area (Å²) < 4.78 is -0.926. The molecular formula is C17H23Cl2NO. The first-order valence-corrected chi connectivity index (χ1v) is 8.34. The summed E-state index contributed by atoms with van der Waals surface area (Å²) >= 11 is 12.5. The van der Waals surface area contributed by atoms with Gasteiger partial charge in [0.15, 0.2) is 0 Å². The Bertz CT molecular complexity index is 503. The van der Waals surface area contributed by atoms with Crippen LogP contribution in [0.15, 0.2) is 30.3 Å². The lowest BCUT2D eigenvalue weighted by Gasteiger charge is -2.20. The van der Waals surface area contributed by atoms with Crippen molar-refractivity contribution in [1.29, 1.82) is 0 Å². The van der Waals surface area contributed by atoms with Gasteiger partial charge in [-0.15, -0.1) is 23.2 Å². The van der Waals surface area contributed by atoms with Gasteiger partial charge in [-0.3, -0.25) is 4.79 Å². The molecule has 1 fully saturated rings. The molecule has 1 saturated carbocycles. The third-order valence-corrected chi connectivity index (χ3v) is 6.17. The molecule has 116 valence electrons. The first kappa shape index (κ1) is 16.6. The van der Waals surface area contributed by atoms with Gasteiger partial charge in [-0.1, -0.05) is 44.2 Å². The number of hydrogen-bond acceptors (Lipinski definition) is 1. The lowest BCUT2D eigenvalue weighted by Crippen LogP contribution is -2.40. The molecule has 2 nitrogen and oxygen atoms in total. The molecule has 0 aromatic heterocycles. The minimum absolute atomic E-state index is 0.000318. The Morgan fingerprint density at radius 3 is 2.38 bits per heavy atom. The zero-order valence-corrected chi connectivity index (χ0v) is 14.3. The highest BCUT2D eigenvalue weighted by atomic mass is 35.5. The number of amides is 1. The minimum Gasteiger partial charge on any atom is -0.353 e. The molecular weight excluding hydrogens is 305 g/mol. The van der Waals surface area contributed by atoms with E-state index >= 15 is 0 Å². The van der Waals surface area contributed by atoms with E-state index in [0.29, 0.717) is 6.42 Å². The molecule has 1 amide bonds. The van der Waals surface area contributed by atoms with Gasteiger partial charge in [0.2, 0.25) is 5.91 Å². The van der Waals surface area contributed by atoms with Crippen LogP contribution in [0.4, 0.5) is 0 Å². The van der Waals surface area contributed by atoms with Crippen LogP contribution in [0.2, 0.25) is 0 Å². The number of alkyl halides is 2. The number of halogens is 2. The van der Waals surface area contributed by atoms with Crippen molar-refractivity contribution < 1.29 is 4.79 Å². The summed E-state index contributed by atoms with van der Waals surface area (Å²) in [6.45, 7) is 5.94. The normalized spacial score (nSPS) is 28.0. The highest BCUT2D eigenvalue weighted by molar-refractivity contribution is 6.53. The average molecular weight is 328 g/mol. The first-order chi connectivity index (χ1) is 9.86. The molecule has 1 aromatic carbocycles. The minimum atomic E-state index is -0.926. The number of benzene rings is 1. The monoisotopic (exact) mass is 327 g/mol. The van der Waals surface area contributed by atoms with Crippen LogP contribution in [0.5, 0.6) is 0 Å². The molecule has 0 bridgehead atoms. The summed E-state index contributed by atoms with van der Waals surface area (Å²) in [5, 5.41) is 3.08. The molecule has 3 atom stereocenters. The highest BCUT2D eigenvalue weighted by Crippen LogP contribution is 2.70. The van der Waals surface area contributed by atoms with Crippen molar-refractivity contribution in [2.75, 3.05) is 0 Å². The summed E-state index contributed by atoms with van der Waals surface area (Å²) in [4.78, 5) is 12.5. The maximum Gasteiger partial charge on any atom is 0.229 e. The van der Waals surface area contributed by atoms with Crippen LogP contribution >= 0.6 is 23.2 Å². The van der Waals surface area contributed by atoms with E-state index in [1.807, 2.05) is 39.0 Å². The van der Waals surface area contributed by atoms with Gasteiger partial charge in [0.1, 0.15) is 4.33 Å². The number of rotatable bonds is 6. The predicted octanol–water partition coefficient (Wildman–Crippen LogP) is 4.34. The molecule has 1 N–H and O–H groups in total. The van der Waals surface area contributed by atoms with Gasteiger partial charge in [-0.25, -0.2) is 0 Å². The zero-order valence-electron chi connectivity index (χ0n) is 12.8. The van der Waals surface area contributed by atoms with Crippen molar-refractivity contribution in [2.45, 2.75) is 50.4 Å². The maximum atomic E-state index is 12.5. The van der Waals surface area contributed by atoms with Crippen molar-refractivity contribution in [3.63, 3.8) is 0 Å². The second-order valence-electron chi connectivity index (χ2n) is 6.07. The number of hydrogen-bond donors (Lipinski definition) is 1. The van der Waals surface area contributed by atoms with E-state index in [1.165, 1.54) is 5.56 Å². The Hall–Kier alpha value is -0.730. The number of aryl methyl sites for hydroxylation is 1. The van der Waals surface area contributed by atoms with Gasteiger partial charge >= 0.3 is 0 Å². The van der Waals surface area contributed by atoms with Crippen molar-refractivity contribution >= 4 is 29.1 Å². The molecule has 0 heterocycles. The molecule has 0 radical (unpaired) electrons. The molecule has 21 heavy (non-hydrogen) atoms. The summed E-state index contributed by atoms with van der Waals surface area (Å²) in [6, 6.07) is 10.4. The maximum absolute atomic E-state index is 12.5. The van der Waals surface area contributed by atoms with E-state index < -0.39 is 9.75 Å². The molecule has 4 heteroatoms. The summed E-state index contributed by atoms with van der Waals surface area (Å²) in [7, 11) is 0. The van der Waals surface area contributed by atoms with Crippen molar-refractivity contribution in [3.05, 3.63) is 35.9 Å². The van der Waals surface area contributed by atoms with Gasteiger partial charge in [0.05, 0.1) is 5.41 Å². The third kappa shape index (κ3) is 2.93. The molecule has 1 aliphatic carbocycles. The summed E-state index contributed by atoms with van der Waals surface area (Å²) in [6.07, 6.45) is 2.52. The fourth-order valence-corrected chi connectivity index (χ4v) is 4.17. The van der Waals surface area contributed by atoms with Crippen molar-refractivity contribution in [3.8, 4) is 0 Å². The largest absolute Gasteiger partial charge is 0.353 e. The summed E-state index contributed by atoms with van der Waals surface area (Å²) in [5.41, 5.74) is 0.657. The van der Waals surface area contributed by atoms with E-state index in [1.54, 1.807) is 0 Å². The van der Waals surface area contributed by atoms with Crippen LogP contribution in [-0.2, 0) is 11.2 Å². The lowest BCUT2D eigenvalue weighted by molar-refractivity contribution is -0.127. The Kier molecular flexibility index (Phi) is 4.89. The molecule has 2 rings (SSSR count). The fraction of sp³-hybridized carbons (Fsp3) is 0.588. The van der Waals surface area contributed by atoms with Crippen LogP contribution in [0.1, 0.15) is 39.2 Å².